The predicted molar refractivity (Wildman–Crippen MR) is 145 cm³/mol. The van der Waals surface area contributed by atoms with Crippen molar-refractivity contribution >= 4 is 74.0 Å². The van der Waals surface area contributed by atoms with Crippen molar-refractivity contribution in [2.75, 3.05) is 12.4 Å². The first kappa shape index (κ1) is 25.1. The van der Waals surface area contributed by atoms with Gasteiger partial charge in [-0.15, -0.1) is 11.3 Å². The van der Waals surface area contributed by atoms with E-state index in [1.54, 1.807) is 37.5 Å². The number of thiazole rings is 1. The molecule has 0 radical (unpaired) electrons. The van der Waals surface area contributed by atoms with E-state index in [2.05, 4.69) is 20.6 Å². The highest BCUT2D eigenvalue weighted by Gasteiger charge is 2.17. The molecule has 4 aromatic rings. The maximum absolute atomic E-state index is 12.4. The highest BCUT2D eigenvalue weighted by Crippen LogP contribution is 2.31. The number of amides is 1. The van der Waals surface area contributed by atoms with Crippen molar-refractivity contribution < 1.29 is 19.1 Å². The number of hydrogen-bond acceptors (Lipinski definition) is 9. The van der Waals surface area contributed by atoms with E-state index in [0.717, 1.165) is 20.3 Å². The lowest BCUT2D eigenvalue weighted by Gasteiger charge is -2.06. The number of aryl methyl sites for hydroxylation is 1. The number of hydrazone groups is 1. The van der Waals surface area contributed by atoms with Crippen LogP contribution in [0, 0.1) is 3.57 Å². The van der Waals surface area contributed by atoms with Gasteiger partial charge in [-0.05, 0) is 65.4 Å². The summed E-state index contributed by atoms with van der Waals surface area (Å²) in [4.78, 5) is 29.2. The van der Waals surface area contributed by atoms with Gasteiger partial charge in [0.25, 0.3) is 5.91 Å². The van der Waals surface area contributed by atoms with Crippen LogP contribution in [-0.4, -0.2) is 45.2 Å². The molecular weight excluding hydrogens is 601 g/mol. The molecule has 0 atom stereocenters. The topological polar surface area (TPSA) is 108 Å². The highest BCUT2D eigenvalue weighted by molar-refractivity contribution is 14.1. The average molecular weight is 621 g/mol. The van der Waals surface area contributed by atoms with Crippen LogP contribution in [-0.2, 0) is 11.8 Å². The molecule has 0 spiro atoms. The molecule has 35 heavy (non-hydrogen) atoms. The number of halogens is 1. The van der Waals surface area contributed by atoms with Gasteiger partial charge >= 0.3 is 5.97 Å². The van der Waals surface area contributed by atoms with Crippen molar-refractivity contribution in [1.29, 1.82) is 0 Å². The van der Waals surface area contributed by atoms with Gasteiger partial charge in [-0.1, -0.05) is 23.9 Å². The van der Waals surface area contributed by atoms with E-state index in [1.165, 1.54) is 34.0 Å². The number of benzene rings is 2. The average Bonchev–Trinajstić information content (AvgIpc) is 3.39. The van der Waals surface area contributed by atoms with Gasteiger partial charge < -0.3 is 9.47 Å². The van der Waals surface area contributed by atoms with Crippen molar-refractivity contribution in [3.05, 3.63) is 63.5 Å². The molecule has 1 N–H and O–H groups in total. The van der Waals surface area contributed by atoms with Crippen LogP contribution in [0.25, 0.3) is 10.2 Å². The Bertz CT molecular complexity index is 1380. The number of rotatable bonds is 9. The van der Waals surface area contributed by atoms with E-state index in [4.69, 9.17) is 9.47 Å². The Hall–Kier alpha value is -2.97. The summed E-state index contributed by atoms with van der Waals surface area (Å²) in [6.07, 6.45) is 3.08. The van der Waals surface area contributed by atoms with Crippen molar-refractivity contribution in [3.8, 4) is 11.5 Å². The molecule has 180 valence electrons. The molecule has 0 aliphatic heterocycles. The minimum absolute atomic E-state index is 0.177. The van der Waals surface area contributed by atoms with E-state index in [0.29, 0.717) is 27.2 Å². The van der Waals surface area contributed by atoms with Gasteiger partial charge in [0.05, 0.1) is 38.6 Å². The third-order valence-electron chi connectivity index (χ3n) is 4.54. The summed E-state index contributed by atoms with van der Waals surface area (Å²) < 4.78 is 14.9. The lowest BCUT2D eigenvalue weighted by Crippen LogP contribution is -2.19. The van der Waals surface area contributed by atoms with Gasteiger partial charge in [0, 0.05) is 7.05 Å². The Morgan fingerprint density at radius 3 is 2.89 bits per heavy atom. The zero-order valence-electron chi connectivity index (χ0n) is 18.7. The lowest BCUT2D eigenvalue weighted by atomic mass is 10.2. The van der Waals surface area contributed by atoms with Gasteiger partial charge in [-0.3, -0.25) is 9.48 Å². The molecule has 9 nitrogen and oxygen atoms in total. The van der Waals surface area contributed by atoms with E-state index < -0.39 is 5.97 Å². The van der Waals surface area contributed by atoms with Crippen LogP contribution in [0.4, 0.5) is 0 Å². The number of ether oxygens (including phenoxy) is 2. The van der Waals surface area contributed by atoms with Crippen LogP contribution < -0.4 is 14.9 Å². The summed E-state index contributed by atoms with van der Waals surface area (Å²) in [5.74, 6) is 0.585. The Morgan fingerprint density at radius 1 is 1.26 bits per heavy atom. The molecule has 0 saturated heterocycles. The zero-order valence-corrected chi connectivity index (χ0v) is 22.5. The van der Waals surface area contributed by atoms with Gasteiger partial charge in [0.2, 0.25) is 0 Å². The Labute approximate surface area is 223 Å². The molecule has 4 rings (SSSR count). The maximum atomic E-state index is 12.4. The summed E-state index contributed by atoms with van der Waals surface area (Å²) in [5, 5.41) is 8.05. The molecule has 0 saturated carbocycles. The third kappa shape index (κ3) is 6.58. The van der Waals surface area contributed by atoms with Crippen molar-refractivity contribution in [2.45, 2.75) is 11.3 Å². The Balaban J connectivity index is 1.29. The summed E-state index contributed by atoms with van der Waals surface area (Å²) in [7, 11) is 1.68. The number of nitrogens with one attached hydrogen (secondary N) is 1. The molecule has 0 bridgehead atoms. The number of carbonyl (C=O) groups excluding carboxylic acids is 2. The van der Waals surface area contributed by atoms with Gasteiger partial charge in [-0.2, -0.15) is 10.2 Å². The second-order valence-electron chi connectivity index (χ2n) is 7.05. The van der Waals surface area contributed by atoms with Crippen LogP contribution in [0.2, 0.25) is 0 Å². The minimum Gasteiger partial charge on any atom is -0.494 e. The first-order valence-electron chi connectivity index (χ1n) is 10.4. The predicted octanol–water partition coefficient (Wildman–Crippen LogP) is 4.49. The largest absolute Gasteiger partial charge is 0.494 e. The summed E-state index contributed by atoms with van der Waals surface area (Å²) in [5.41, 5.74) is 4.42. The first-order chi connectivity index (χ1) is 16.9. The highest BCUT2D eigenvalue weighted by atomic mass is 127. The monoisotopic (exact) mass is 621 g/mol. The molecule has 2 aromatic heterocycles. The number of carbonyl (C=O) groups is 2. The SMILES string of the molecule is CCOc1ccc2nc(SCC(=O)N/N=C/c3cccc(OC(=O)c4c(I)cnn4C)c3)sc2c1. The molecular formula is C23H20IN5O4S2. The van der Waals surface area contributed by atoms with E-state index in [-0.39, 0.29) is 11.7 Å². The van der Waals surface area contributed by atoms with Gasteiger partial charge in [0.15, 0.2) is 10.0 Å². The molecule has 2 heterocycles. The van der Waals surface area contributed by atoms with Crippen LogP contribution in [0.5, 0.6) is 11.5 Å². The number of nitrogens with zero attached hydrogens (tertiary/aromatic N) is 4. The quantitative estimate of drug-likeness (QED) is 0.0733. The minimum atomic E-state index is -0.502. The number of hydrogen-bond donors (Lipinski definition) is 1. The second kappa shape index (κ2) is 11.6. The number of thioether (sulfide) groups is 1. The first-order valence-corrected chi connectivity index (χ1v) is 13.3. The normalized spacial score (nSPS) is 11.2. The van der Waals surface area contributed by atoms with Crippen LogP contribution in [0.3, 0.4) is 0 Å². The molecule has 0 unspecified atom stereocenters. The summed E-state index contributed by atoms with van der Waals surface area (Å²) in [6, 6.07) is 12.6. The molecule has 0 aliphatic carbocycles. The van der Waals surface area contributed by atoms with Gasteiger partial charge in [0.1, 0.15) is 11.5 Å². The van der Waals surface area contributed by atoms with Gasteiger partial charge in [-0.25, -0.2) is 15.2 Å². The van der Waals surface area contributed by atoms with Crippen LogP contribution >= 0.6 is 45.7 Å². The number of fused-ring (bicyclic) bond motifs is 1. The standard InChI is InChI=1S/C23H20IN5O4S2/c1-3-32-15-7-8-18-19(10-15)35-23(27-18)34-13-20(30)28-25-11-14-5-4-6-16(9-14)33-22(31)21-17(24)12-26-29(21)2/h4-12H,3,13H2,1-2H3,(H,28,30)/b25-11+. The fraction of sp³-hybridized carbons (Fsp3) is 0.174. The third-order valence-corrected chi connectivity index (χ3v) is 7.49. The molecule has 0 aliphatic rings. The maximum Gasteiger partial charge on any atom is 0.363 e. The Morgan fingerprint density at radius 2 is 2.11 bits per heavy atom. The molecule has 12 heteroatoms. The number of esters is 1. The molecule has 2 aromatic carbocycles. The smallest absolute Gasteiger partial charge is 0.363 e. The summed E-state index contributed by atoms with van der Waals surface area (Å²) >= 11 is 4.89. The second-order valence-corrected chi connectivity index (χ2v) is 10.5. The fourth-order valence-corrected chi connectivity index (χ4v) is 5.58. The van der Waals surface area contributed by atoms with Crippen LogP contribution in [0.15, 0.2) is 58.1 Å². The van der Waals surface area contributed by atoms with E-state index in [1.807, 2.05) is 47.7 Å². The fourth-order valence-electron chi connectivity index (χ4n) is 2.99. The van der Waals surface area contributed by atoms with Crippen molar-refractivity contribution in [1.82, 2.24) is 20.2 Å². The summed E-state index contributed by atoms with van der Waals surface area (Å²) in [6.45, 7) is 2.54. The van der Waals surface area contributed by atoms with Crippen molar-refractivity contribution in [2.24, 2.45) is 12.1 Å². The zero-order chi connectivity index (χ0) is 24.8. The molecule has 1 amide bonds. The van der Waals surface area contributed by atoms with E-state index >= 15 is 0 Å². The van der Waals surface area contributed by atoms with Crippen molar-refractivity contribution in [3.63, 3.8) is 0 Å². The molecule has 0 fully saturated rings. The number of aromatic nitrogens is 3. The lowest BCUT2D eigenvalue weighted by molar-refractivity contribution is -0.118. The Kier molecular flexibility index (Phi) is 8.36. The van der Waals surface area contributed by atoms with E-state index in [9.17, 15) is 9.59 Å². The van der Waals surface area contributed by atoms with Crippen LogP contribution in [0.1, 0.15) is 23.0 Å².